The molecule has 1 aliphatic carbocycles. The Balaban J connectivity index is 1.67. The van der Waals surface area contributed by atoms with Crippen LogP contribution in [0.5, 0.6) is 5.75 Å². The number of rotatable bonds is 6. The van der Waals surface area contributed by atoms with E-state index in [9.17, 15) is 29.6 Å². The van der Waals surface area contributed by atoms with Gasteiger partial charge in [0.25, 0.3) is 5.91 Å². The molecular formula is C23H21FN4O8. The Morgan fingerprint density at radius 1 is 1.25 bits per heavy atom. The van der Waals surface area contributed by atoms with E-state index < -0.39 is 38.8 Å². The number of amides is 1. The van der Waals surface area contributed by atoms with Crippen LogP contribution in [0, 0.1) is 15.9 Å². The SMILES string of the molecule is COc1c(N2CCN(C(=O)c3ccco3)CC2)c(F)c([N+](=O)[O-])c2c(=O)c(C(=O)O)cn(C3CC3)c12. The number of aromatic carboxylic acids is 1. The summed E-state index contributed by atoms with van der Waals surface area (Å²) in [5.41, 5.74) is -3.17. The second-order valence-electron chi connectivity index (χ2n) is 8.60. The number of carboxylic acid groups (broad SMARTS) is 1. The maximum Gasteiger partial charge on any atom is 0.341 e. The van der Waals surface area contributed by atoms with Gasteiger partial charge in [0, 0.05) is 38.4 Å². The summed E-state index contributed by atoms with van der Waals surface area (Å²) < 4.78 is 28.0. The third-order valence-corrected chi connectivity index (χ3v) is 6.49. The number of carboxylic acids is 1. The number of hydrogen-bond acceptors (Lipinski definition) is 8. The van der Waals surface area contributed by atoms with Gasteiger partial charge in [-0.2, -0.15) is 4.39 Å². The topological polar surface area (TPSA) is 148 Å². The minimum Gasteiger partial charge on any atom is -0.492 e. The number of carbonyl (C=O) groups excluding carboxylic acids is 1. The molecule has 1 aliphatic heterocycles. The zero-order valence-electron chi connectivity index (χ0n) is 19.1. The Morgan fingerprint density at radius 3 is 2.47 bits per heavy atom. The van der Waals surface area contributed by atoms with Gasteiger partial charge in [0.1, 0.15) is 22.2 Å². The predicted molar refractivity (Wildman–Crippen MR) is 123 cm³/mol. The van der Waals surface area contributed by atoms with Crippen LogP contribution in [0.25, 0.3) is 10.9 Å². The Labute approximate surface area is 202 Å². The van der Waals surface area contributed by atoms with E-state index in [1.54, 1.807) is 6.07 Å². The van der Waals surface area contributed by atoms with Crippen molar-refractivity contribution in [2.45, 2.75) is 18.9 Å². The number of carbonyl (C=O) groups is 2. The van der Waals surface area contributed by atoms with Crippen LogP contribution in [0.4, 0.5) is 15.8 Å². The number of anilines is 1. The molecule has 2 aromatic heterocycles. The van der Waals surface area contributed by atoms with E-state index in [2.05, 4.69) is 0 Å². The number of furan rings is 1. The molecule has 5 rings (SSSR count). The van der Waals surface area contributed by atoms with E-state index in [0.29, 0.717) is 12.8 Å². The maximum absolute atomic E-state index is 15.9. The van der Waals surface area contributed by atoms with E-state index in [1.165, 1.54) is 33.8 Å². The van der Waals surface area contributed by atoms with Crippen molar-refractivity contribution in [3.05, 3.63) is 62.1 Å². The fourth-order valence-electron chi connectivity index (χ4n) is 4.65. The Morgan fingerprint density at radius 2 is 1.94 bits per heavy atom. The van der Waals surface area contributed by atoms with Crippen LogP contribution in [-0.2, 0) is 0 Å². The summed E-state index contributed by atoms with van der Waals surface area (Å²) in [6.07, 6.45) is 3.84. The first-order valence-corrected chi connectivity index (χ1v) is 11.2. The van der Waals surface area contributed by atoms with E-state index in [0.717, 1.165) is 6.20 Å². The molecule has 36 heavy (non-hydrogen) atoms. The van der Waals surface area contributed by atoms with Crippen molar-refractivity contribution >= 4 is 34.2 Å². The van der Waals surface area contributed by atoms with Crippen LogP contribution in [0.15, 0.2) is 33.8 Å². The summed E-state index contributed by atoms with van der Waals surface area (Å²) in [5.74, 6) is -3.13. The minimum atomic E-state index is -1.56. The number of methoxy groups -OCH3 is 1. The van der Waals surface area contributed by atoms with Gasteiger partial charge in [0.05, 0.1) is 18.3 Å². The molecule has 188 valence electrons. The lowest BCUT2D eigenvalue weighted by molar-refractivity contribution is -0.385. The number of ether oxygens (including phenoxy) is 1. The third-order valence-electron chi connectivity index (χ3n) is 6.49. The van der Waals surface area contributed by atoms with Crippen molar-refractivity contribution in [3.8, 4) is 5.75 Å². The lowest BCUT2D eigenvalue weighted by atomic mass is 10.0. The zero-order chi connectivity index (χ0) is 25.7. The van der Waals surface area contributed by atoms with Crippen molar-refractivity contribution in [2.24, 2.45) is 0 Å². The van der Waals surface area contributed by atoms with E-state index in [-0.39, 0.29) is 60.8 Å². The molecule has 12 nitrogen and oxygen atoms in total. The summed E-state index contributed by atoms with van der Waals surface area (Å²) in [6, 6.07) is 2.92. The third kappa shape index (κ3) is 3.63. The quantitative estimate of drug-likeness (QED) is 0.398. The van der Waals surface area contributed by atoms with Crippen molar-refractivity contribution in [3.63, 3.8) is 0 Å². The van der Waals surface area contributed by atoms with Gasteiger partial charge in [-0.3, -0.25) is 19.7 Å². The molecule has 3 heterocycles. The van der Waals surface area contributed by atoms with Crippen molar-refractivity contribution in [1.82, 2.24) is 9.47 Å². The Bertz CT molecular complexity index is 1450. The molecule has 13 heteroatoms. The van der Waals surface area contributed by atoms with Crippen molar-refractivity contribution < 1.29 is 33.2 Å². The Kier molecular flexibility index (Phi) is 5.61. The van der Waals surface area contributed by atoms with Crippen LogP contribution in [-0.4, -0.2) is 64.7 Å². The molecule has 1 saturated carbocycles. The number of halogens is 1. The van der Waals surface area contributed by atoms with Crippen molar-refractivity contribution in [2.75, 3.05) is 38.2 Å². The molecule has 0 unspecified atom stereocenters. The van der Waals surface area contributed by atoms with Crippen LogP contribution in [0.2, 0.25) is 0 Å². The van der Waals surface area contributed by atoms with Gasteiger partial charge in [0.15, 0.2) is 11.5 Å². The average Bonchev–Trinajstić information content (AvgIpc) is 3.55. The molecule has 0 radical (unpaired) electrons. The van der Waals surface area contributed by atoms with E-state index >= 15 is 4.39 Å². The first-order chi connectivity index (χ1) is 17.2. The number of pyridine rings is 1. The summed E-state index contributed by atoms with van der Waals surface area (Å²) in [4.78, 5) is 51.4. The number of benzene rings is 1. The van der Waals surface area contributed by atoms with Crippen LogP contribution in [0.1, 0.15) is 39.8 Å². The lowest BCUT2D eigenvalue weighted by Crippen LogP contribution is -2.49. The van der Waals surface area contributed by atoms with Gasteiger partial charge in [-0.25, -0.2) is 4.79 Å². The average molecular weight is 500 g/mol. The second-order valence-corrected chi connectivity index (χ2v) is 8.60. The van der Waals surface area contributed by atoms with Crippen LogP contribution >= 0.6 is 0 Å². The molecule has 1 aromatic carbocycles. The van der Waals surface area contributed by atoms with Crippen LogP contribution in [0.3, 0.4) is 0 Å². The molecule has 1 amide bonds. The van der Waals surface area contributed by atoms with Crippen molar-refractivity contribution in [1.29, 1.82) is 0 Å². The van der Waals surface area contributed by atoms with E-state index in [4.69, 9.17) is 9.15 Å². The zero-order valence-corrected chi connectivity index (χ0v) is 19.1. The highest BCUT2D eigenvalue weighted by Crippen LogP contribution is 2.47. The largest absolute Gasteiger partial charge is 0.492 e. The van der Waals surface area contributed by atoms with Gasteiger partial charge < -0.3 is 28.6 Å². The van der Waals surface area contributed by atoms with Gasteiger partial charge in [-0.1, -0.05) is 0 Å². The molecule has 2 aliphatic rings. The second kappa shape index (κ2) is 8.66. The highest BCUT2D eigenvalue weighted by atomic mass is 19.1. The summed E-state index contributed by atoms with van der Waals surface area (Å²) in [6.45, 7) is 0.620. The minimum absolute atomic E-state index is 0.0211. The molecule has 0 atom stereocenters. The summed E-state index contributed by atoms with van der Waals surface area (Å²) >= 11 is 0. The fourth-order valence-corrected chi connectivity index (χ4v) is 4.65. The standard InChI is InChI=1S/C23H21FN4O8/c1-35-21-18-15(20(29)13(23(31)32)11-27(18)12-4-5-12)17(28(33)34)16(24)19(21)25-6-8-26(9-7-25)22(30)14-3-2-10-36-14/h2-3,10-12H,4-9H2,1H3,(H,31,32). The summed E-state index contributed by atoms with van der Waals surface area (Å²) in [5, 5.41) is 20.9. The molecule has 3 aromatic rings. The van der Waals surface area contributed by atoms with Gasteiger partial charge in [-0.15, -0.1) is 0 Å². The number of nitrogens with zero attached hydrogens (tertiary/aromatic N) is 4. The summed E-state index contributed by atoms with van der Waals surface area (Å²) in [7, 11) is 1.26. The molecular weight excluding hydrogens is 479 g/mol. The normalized spacial score (nSPS) is 15.8. The molecule has 0 bridgehead atoms. The number of fused-ring (bicyclic) bond motifs is 1. The molecule has 1 N–H and O–H groups in total. The predicted octanol–water partition coefficient (Wildman–Crippen LogP) is 2.65. The lowest BCUT2D eigenvalue weighted by Gasteiger charge is -2.36. The molecule has 1 saturated heterocycles. The van der Waals surface area contributed by atoms with Crippen LogP contribution < -0.4 is 15.1 Å². The fraction of sp³-hybridized carbons (Fsp3) is 0.348. The number of hydrogen-bond donors (Lipinski definition) is 1. The first-order valence-electron chi connectivity index (χ1n) is 11.2. The van der Waals surface area contributed by atoms with Gasteiger partial charge in [-0.05, 0) is 25.0 Å². The molecule has 2 fully saturated rings. The monoisotopic (exact) mass is 500 g/mol. The highest BCUT2D eigenvalue weighted by molar-refractivity contribution is 6.02. The number of nitro benzene ring substituents is 1. The number of aromatic nitrogens is 1. The van der Waals surface area contributed by atoms with Gasteiger partial charge in [0.2, 0.25) is 11.2 Å². The smallest absolute Gasteiger partial charge is 0.341 e. The Hall–Kier alpha value is -4.42. The molecule has 0 spiro atoms. The number of nitro groups is 1. The van der Waals surface area contributed by atoms with E-state index in [1.807, 2.05) is 0 Å². The van der Waals surface area contributed by atoms with Gasteiger partial charge >= 0.3 is 11.7 Å². The first kappa shape index (κ1) is 23.3. The highest BCUT2D eigenvalue weighted by Gasteiger charge is 2.38. The maximum atomic E-state index is 15.9. The number of piperazine rings is 1.